The highest BCUT2D eigenvalue weighted by Crippen LogP contribution is 2.37. The second-order valence-corrected chi connectivity index (χ2v) is 8.02. The molecule has 0 radical (unpaired) electrons. The monoisotopic (exact) mass is 374 g/mol. The predicted octanol–water partition coefficient (Wildman–Crippen LogP) is 5.09. The van der Waals surface area contributed by atoms with Crippen LogP contribution in [0.4, 0.5) is 5.82 Å². The van der Waals surface area contributed by atoms with E-state index >= 15 is 0 Å². The summed E-state index contributed by atoms with van der Waals surface area (Å²) in [6.07, 6.45) is 12.0. The third-order valence-corrected chi connectivity index (χ3v) is 6.01. The highest BCUT2D eigenvalue weighted by atomic mass is 16.5. The first kappa shape index (κ1) is 17.4. The van der Waals surface area contributed by atoms with E-state index in [4.69, 9.17) is 9.72 Å². The van der Waals surface area contributed by atoms with Gasteiger partial charge in [0.15, 0.2) is 0 Å². The molecule has 5 heteroatoms. The Balaban J connectivity index is 1.19. The molecule has 28 heavy (non-hydrogen) atoms. The van der Waals surface area contributed by atoms with Crippen molar-refractivity contribution in [2.75, 3.05) is 5.32 Å². The highest BCUT2D eigenvalue weighted by molar-refractivity contribution is 5.80. The van der Waals surface area contributed by atoms with Gasteiger partial charge in [0.2, 0.25) is 5.88 Å². The molecule has 2 heterocycles. The van der Waals surface area contributed by atoms with Crippen molar-refractivity contribution >= 4 is 16.7 Å². The molecule has 0 saturated heterocycles. The van der Waals surface area contributed by atoms with Gasteiger partial charge in [-0.25, -0.2) is 9.97 Å². The van der Waals surface area contributed by atoms with Gasteiger partial charge in [-0.1, -0.05) is 37.5 Å². The fourth-order valence-corrected chi connectivity index (χ4v) is 4.38. The zero-order chi connectivity index (χ0) is 18.8. The van der Waals surface area contributed by atoms with Crippen LogP contribution in [0.3, 0.4) is 0 Å². The van der Waals surface area contributed by atoms with E-state index in [0.29, 0.717) is 12.0 Å². The zero-order valence-corrected chi connectivity index (χ0v) is 16.1. The summed E-state index contributed by atoms with van der Waals surface area (Å²) in [6, 6.07) is 12.8. The first-order valence-electron chi connectivity index (χ1n) is 10.4. The first-order chi connectivity index (χ1) is 13.8. The molecule has 5 nitrogen and oxygen atoms in total. The normalized spacial score (nSPS) is 22.6. The molecule has 0 unspecified atom stereocenters. The summed E-state index contributed by atoms with van der Waals surface area (Å²) in [6.45, 7) is 0. The molecule has 5 rings (SSSR count). The van der Waals surface area contributed by atoms with Crippen molar-refractivity contribution in [1.82, 2.24) is 15.0 Å². The van der Waals surface area contributed by atoms with Gasteiger partial charge in [-0.05, 0) is 31.0 Å². The third kappa shape index (κ3) is 3.66. The molecule has 3 aromatic rings. The molecule has 0 atom stereocenters. The SMILES string of the molecule is c1ccc2nc(NC3CC(Oc4nccnc4C4CCCCC4)C3)ccc2c1. The number of nitrogens with one attached hydrogen (secondary N) is 1. The van der Waals surface area contributed by atoms with Crippen molar-refractivity contribution in [1.29, 1.82) is 0 Å². The number of fused-ring (bicyclic) bond motifs is 1. The summed E-state index contributed by atoms with van der Waals surface area (Å²) >= 11 is 0. The first-order valence-corrected chi connectivity index (χ1v) is 10.4. The molecule has 0 amide bonds. The Bertz CT molecular complexity index is 948. The number of ether oxygens (including phenoxy) is 1. The summed E-state index contributed by atoms with van der Waals surface area (Å²) in [7, 11) is 0. The molecule has 2 aliphatic rings. The number of hydrogen-bond acceptors (Lipinski definition) is 5. The van der Waals surface area contributed by atoms with Gasteiger partial charge in [-0.15, -0.1) is 0 Å². The maximum Gasteiger partial charge on any atom is 0.236 e. The third-order valence-electron chi connectivity index (χ3n) is 6.01. The van der Waals surface area contributed by atoms with Crippen molar-refractivity contribution in [3.05, 3.63) is 54.5 Å². The minimum Gasteiger partial charge on any atom is -0.473 e. The topological polar surface area (TPSA) is 59.9 Å². The number of anilines is 1. The standard InChI is InChI=1S/C23H26N4O/c1-2-7-17(8-3-1)22-23(25-13-12-24-22)28-19-14-18(15-19)26-21-11-10-16-6-4-5-9-20(16)27-21/h4-6,9-13,17-19H,1-3,7-8,14-15H2,(H,26,27). The number of para-hydroxylation sites is 1. The van der Waals surface area contributed by atoms with Gasteiger partial charge in [0.05, 0.1) is 5.52 Å². The summed E-state index contributed by atoms with van der Waals surface area (Å²) in [5.41, 5.74) is 2.09. The lowest BCUT2D eigenvalue weighted by molar-refractivity contribution is 0.0996. The van der Waals surface area contributed by atoms with Gasteiger partial charge in [0, 0.05) is 42.6 Å². The molecule has 0 aliphatic heterocycles. The van der Waals surface area contributed by atoms with Crippen LogP contribution in [0.25, 0.3) is 10.9 Å². The van der Waals surface area contributed by atoms with Crippen LogP contribution in [0.1, 0.15) is 56.6 Å². The fourth-order valence-electron chi connectivity index (χ4n) is 4.38. The molecule has 1 N–H and O–H groups in total. The smallest absolute Gasteiger partial charge is 0.236 e. The Hall–Kier alpha value is -2.69. The van der Waals surface area contributed by atoms with E-state index in [1.54, 1.807) is 12.4 Å². The molecule has 144 valence electrons. The Morgan fingerprint density at radius 1 is 0.893 bits per heavy atom. The average molecular weight is 374 g/mol. The number of pyridine rings is 1. The van der Waals surface area contributed by atoms with E-state index in [1.165, 1.54) is 37.5 Å². The number of benzene rings is 1. The second kappa shape index (κ2) is 7.74. The van der Waals surface area contributed by atoms with E-state index in [2.05, 4.69) is 33.5 Å². The summed E-state index contributed by atoms with van der Waals surface area (Å²) in [4.78, 5) is 13.8. The second-order valence-electron chi connectivity index (χ2n) is 8.02. The minimum atomic E-state index is 0.206. The highest BCUT2D eigenvalue weighted by Gasteiger charge is 2.33. The number of hydrogen-bond donors (Lipinski definition) is 1. The molecule has 2 aromatic heterocycles. The van der Waals surface area contributed by atoms with E-state index in [1.807, 2.05) is 18.2 Å². The molecule has 2 aliphatic carbocycles. The van der Waals surface area contributed by atoms with Crippen LogP contribution in [0.15, 0.2) is 48.8 Å². The minimum absolute atomic E-state index is 0.206. The van der Waals surface area contributed by atoms with Crippen molar-refractivity contribution in [3.8, 4) is 5.88 Å². The van der Waals surface area contributed by atoms with Crippen molar-refractivity contribution in [3.63, 3.8) is 0 Å². The summed E-state index contributed by atoms with van der Waals surface area (Å²) in [5, 5.41) is 4.70. The molecular weight excluding hydrogens is 348 g/mol. The van der Waals surface area contributed by atoms with Gasteiger partial charge < -0.3 is 10.1 Å². The molecule has 2 saturated carbocycles. The Morgan fingerprint density at radius 2 is 1.71 bits per heavy atom. The van der Waals surface area contributed by atoms with Gasteiger partial charge in [-0.2, -0.15) is 0 Å². The lowest BCUT2D eigenvalue weighted by Crippen LogP contribution is -2.43. The predicted molar refractivity (Wildman–Crippen MR) is 111 cm³/mol. The van der Waals surface area contributed by atoms with Crippen LogP contribution in [0, 0.1) is 0 Å². The zero-order valence-electron chi connectivity index (χ0n) is 16.1. The quantitative estimate of drug-likeness (QED) is 0.674. The molecular formula is C23H26N4O. The molecule has 1 aromatic carbocycles. The van der Waals surface area contributed by atoms with Crippen LogP contribution in [0.2, 0.25) is 0 Å². The van der Waals surface area contributed by atoms with Crippen LogP contribution in [-0.4, -0.2) is 27.1 Å². The Kier molecular flexibility index (Phi) is 4.81. The molecule has 0 spiro atoms. The largest absolute Gasteiger partial charge is 0.473 e. The van der Waals surface area contributed by atoms with Crippen LogP contribution in [0.5, 0.6) is 5.88 Å². The lowest BCUT2D eigenvalue weighted by atomic mass is 9.86. The van der Waals surface area contributed by atoms with E-state index in [0.717, 1.165) is 35.8 Å². The van der Waals surface area contributed by atoms with E-state index in [9.17, 15) is 0 Å². The number of aromatic nitrogens is 3. The van der Waals surface area contributed by atoms with Gasteiger partial charge in [0.1, 0.15) is 17.6 Å². The van der Waals surface area contributed by atoms with E-state index in [-0.39, 0.29) is 6.10 Å². The van der Waals surface area contributed by atoms with Crippen LogP contribution in [-0.2, 0) is 0 Å². The van der Waals surface area contributed by atoms with Crippen LogP contribution < -0.4 is 10.1 Å². The average Bonchev–Trinajstić information content (AvgIpc) is 2.73. The van der Waals surface area contributed by atoms with E-state index < -0.39 is 0 Å². The maximum absolute atomic E-state index is 6.24. The Labute approximate surface area is 165 Å². The number of rotatable bonds is 5. The number of nitrogens with zero attached hydrogens (tertiary/aromatic N) is 3. The fraction of sp³-hybridized carbons (Fsp3) is 0.435. The van der Waals surface area contributed by atoms with Crippen LogP contribution >= 0.6 is 0 Å². The lowest BCUT2D eigenvalue weighted by Gasteiger charge is -2.36. The Morgan fingerprint density at radius 3 is 2.61 bits per heavy atom. The molecule has 0 bridgehead atoms. The molecule has 2 fully saturated rings. The van der Waals surface area contributed by atoms with Gasteiger partial charge >= 0.3 is 0 Å². The summed E-state index contributed by atoms with van der Waals surface area (Å²) < 4.78 is 6.24. The van der Waals surface area contributed by atoms with Gasteiger partial charge in [-0.3, -0.25) is 4.98 Å². The maximum atomic E-state index is 6.24. The van der Waals surface area contributed by atoms with Crippen molar-refractivity contribution in [2.45, 2.75) is 63.0 Å². The van der Waals surface area contributed by atoms with Crippen molar-refractivity contribution in [2.24, 2.45) is 0 Å². The summed E-state index contributed by atoms with van der Waals surface area (Å²) in [5.74, 6) is 2.19. The van der Waals surface area contributed by atoms with Gasteiger partial charge in [0.25, 0.3) is 0 Å². The van der Waals surface area contributed by atoms with Crippen molar-refractivity contribution < 1.29 is 4.74 Å².